The number of aryl methyl sites for hydroxylation is 2. The van der Waals surface area contributed by atoms with E-state index in [1.54, 1.807) is 12.3 Å². The minimum atomic E-state index is -0.551. The highest BCUT2D eigenvalue weighted by Gasteiger charge is 2.14. The van der Waals surface area contributed by atoms with Crippen molar-refractivity contribution >= 4 is 5.97 Å². The number of nitrogens with zero attached hydrogens (tertiary/aromatic N) is 2. The molecule has 0 N–H and O–H groups in total. The molecule has 1 aromatic carbocycles. The zero-order chi connectivity index (χ0) is 14.7. The quantitative estimate of drug-likeness (QED) is 0.805. The van der Waals surface area contributed by atoms with Crippen LogP contribution in [0.25, 0.3) is 11.3 Å². The Labute approximate surface area is 117 Å². The zero-order valence-electron chi connectivity index (χ0n) is 11.8. The SMILES string of the molecule is CCCn1ncc(C)c1-c1cc(F)cc(C(=O)OC)c1. The summed E-state index contributed by atoms with van der Waals surface area (Å²) in [5, 5.41) is 4.28. The maximum absolute atomic E-state index is 13.7. The number of benzene rings is 1. The van der Waals surface area contributed by atoms with Crippen LogP contribution in [0.1, 0.15) is 29.3 Å². The van der Waals surface area contributed by atoms with E-state index >= 15 is 0 Å². The van der Waals surface area contributed by atoms with Crippen molar-refractivity contribution in [3.05, 3.63) is 41.3 Å². The standard InChI is InChI=1S/C15H17FN2O2/c1-4-5-18-14(10(2)9-17-18)11-6-12(15(19)20-3)8-13(16)7-11/h6-9H,4-5H2,1-3H3. The molecule has 4 nitrogen and oxygen atoms in total. The van der Waals surface area contributed by atoms with Crippen LogP contribution in [0.2, 0.25) is 0 Å². The number of hydrogen-bond donors (Lipinski definition) is 0. The van der Waals surface area contributed by atoms with E-state index in [9.17, 15) is 9.18 Å². The number of rotatable bonds is 4. The van der Waals surface area contributed by atoms with E-state index in [4.69, 9.17) is 0 Å². The van der Waals surface area contributed by atoms with E-state index in [0.29, 0.717) is 5.56 Å². The molecule has 0 saturated heterocycles. The summed E-state index contributed by atoms with van der Waals surface area (Å²) in [4.78, 5) is 11.6. The molecular weight excluding hydrogens is 259 g/mol. The molecule has 0 bridgehead atoms. The van der Waals surface area contributed by atoms with Gasteiger partial charge in [0.05, 0.1) is 24.6 Å². The Morgan fingerprint density at radius 2 is 2.15 bits per heavy atom. The third kappa shape index (κ3) is 2.71. The Kier molecular flexibility index (Phi) is 4.17. The summed E-state index contributed by atoms with van der Waals surface area (Å²) in [6.07, 6.45) is 2.67. The zero-order valence-corrected chi connectivity index (χ0v) is 11.8. The van der Waals surface area contributed by atoms with Gasteiger partial charge in [-0.25, -0.2) is 9.18 Å². The second-order valence-corrected chi connectivity index (χ2v) is 4.62. The molecule has 0 saturated carbocycles. The second kappa shape index (κ2) is 5.86. The lowest BCUT2D eigenvalue weighted by Gasteiger charge is -2.09. The van der Waals surface area contributed by atoms with Crippen LogP contribution in [0, 0.1) is 12.7 Å². The van der Waals surface area contributed by atoms with Crippen LogP contribution >= 0.6 is 0 Å². The molecule has 0 aliphatic heterocycles. The monoisotopic (exact) mass is 276 g/mol. The minimum absolute atomic E-state index is 0.200. The molecule has 1 heterocycles. The van der Waals surface area contributed by atoms with Crippen LogP contribution in [0.3, 0.4) is 0 Å². The molecule has 0 fully saturated rings. The lowest BCUT2D eigenvalue weighted by Crippen LogP contribution is -2.05. The van der Waals surface area contributed by atoms with Crippen molar-refractivity contribution in [1.29, 1.82) is 0 Å². The van der Waals surface area contributed by atoms with Gasteiger partial charge in [-0.2, -0.15) is 5.10 Å². The van der Waals surface area contributed by atoms with Gasteiger partial charge in [0.15, 0.2) is 0 Å². The number of carbonyl (C=O) groups excluding carboxylic acids is 1. The minimum Gasteiger partial charge on any atom is -0.465 e. The molecule has 2 rings (SSSR count). The average molecular weight is 276 g/mol. The molecule has 106 valence electrons. The largest absolute Gasteiger partial charge is 0.465 e. The summed E-state index contributed by atoms with van der Waals surface area (Å²) in [5.74, 6) is -1.02. The Morgan fingerprint density at radius 3 is 2.80 bits per heavy atom. The number of methoxy groups -OCH3 is 1. The third-order valence-electron chi connectivity index (χ3n) is 3.05. The van der Waals surface area contributed by atoms with Crippen molar-refractivity contribution in [2.45, 2.75) is 26.8 Å². The van der Waals surface area contributed by atoms with Gasteiger partial charge in [0.1, 0.15) is 5.82 Å². The summed E-state index contributed by atoms with van der Waals surface area (Å²) >= 11 is 0. The molecule has 20 heavy (non-hydrogen) atoms. The van der Waals surface area contributed by atoms with Crippen LogP contribution in [0.4, 0.5) is 4.39 Å². The molecule has 0 unspecified atom stereocenters. The first-order valence-corrected chi connectivity index (χ1v) is 6.48. The average Bonchev–Trinajstić information content (AvgIpc) is 2.78. The van der Waals surface area contributed by atoms with Gasteiger partial charge in [0.2, 0.25) is 0 Å². The van der Waals surface area contributed by atoms with Crippen molar-refractivity contribution in [1.82, 2.24) is 9.78 Å². The first-order valence-electron chi connectivity index (χ1n) is 6.48. The van der Waals surface area contributed by atoms with Crippen LogP contribution in [-0.4, -0.2) is 22.9 Å². The van der Waals surface area contributed by atoms with Crippen molar-refractivity contribution in [2.24, 2.45) is 0 Å². The first kappa shape index (κ1) is 14.2. The Morgan fingerprint density at radius 1 is 1.40 bits per heavy atom. The highest BCUT2D eigenvalue weighted by molar-refractivity contribution is 5.91. The van der Waals surface area contributed by atoms with Gasteiger partial charge in [-0.3, -0.25) is 4.68 Å². The van der Waals surface area contributed by atoms with Gasteiger partial charge in [-0.1, -0.05) is 6.92 Å². The lowest BCUT2D eigenvalue weighted by molar-refractivity contribution is 0.0600. The van der Waals surface area contributed by atoms with Crippen LogP contribution in [0.5, 0.6) is 0 Å². The molecular formula is C15H17FN2O2. The van der Waals surface area contributed by atoms with Gasteiger partial charge in [-0.15, -0.1) is 0 Å². The number of ether oxygens (including phenoxy) is 1. The maximum atomic E-state index is 13.7. The van der Waals surface area contributed by atoms with Gasteiger partial charge in [0.25, 0.3) is 0 Å². The summed E-state index contributed by atoms with van der Waals surface area (Å²) < 4.78 is 20.2. The van der Waals surface area contributed by atoms with Gasteiger partial charge >= 0.3 is 5.97 Å². The van der Waals surface area contributed by atoms with Crippen LogP contribution < -0.4 is 0 Å². The number of hydrogen-bond acceptors (Lipinski definition) is 3. The Balaban J connectivity index is 2.55. The van der Waals surface area contributed by atoms with Gasteiger partial charge in [0, 0.05) is 12.1 Å². The molecule has 0 radical (unpaired) electrons. The van der Waals surface area contributed by atoms with Crippen LogP contribution in [0.15, 0.2) is 24.4 Å². The van der Waals surface area contributed by atoms with E-state index < -0.39 is 11.8 Å². The normalized spacial score (nSPS) is 10.6. The fourth-order valence-corrected chi connectivity index (χ4v) is 2.20. The molecule has 0 aliphatic rings. The van der Waals surface area contributed by atoms with Crippen molar-refractivity contribution < 1.29 is 13.9 Å². The van der Waals surface area contributed by atoms with E-state index in [1.807, 2.05) is 18.5 Å². The fraction of sp³-hybridized carbons (Fsp3) is 0.333. The number of halogens is 1. The summed E-state index contributed by atoms with van der Waals surface area (Å²) in [7, 11) is 1.28. The summed E-state index contributed by atoms with van der Waals surface area (Å²) in [5.41, 5.74) is 2.61. The molecule has 0 atom stereocenters. The number of carbonyl (C=O) groups is 1. The van der Waals surface area contributed by atoms with Crippen molar-refractivity contribution in [3.8, 4) is 11.3 Å². The molecule has 5 heteroatoms. The smallest absolute Gasteiger partial charge is 0.337 e. The predicted octanol–water partition coefficient (Wildman–Crippen LogP) is 3.19. The first-order chi connectivity index (χ1) is 9.56. The topological polar surface area (TPSA) is 44.1 Å². The third-order valence-corrected chi connectivity index (χ3v) is 3.05. The molecule has 2 aromatic rings. The van der Waals surface area contributed by atoms with Crippen molar-refractivity contribution in [3.63, 3.8) is 0 Å². The molecule has 0 aliphatic carbocycles. The number of esters is 1. The fourth-order valence-electron chi connectivity index (χ4n) is 2.20. The molecule has 0 amide bonds. The van der Waals surface area contributed by atoms with Crippen LogP contribution in [-0.2, 0) is 11.3 Å². The van der Waals surface area contributed by atoms with E-state index in [1.165, 1.54) is 19.2 Å². The highest BCUT2D eigenvalue weighted by atomic mass is 19.1. The van der Waals surface area contributed by atoms with E-state index in [2.05, 4.69) is 9.84 Å². The van der Waals surface area contributed by atoms with Gasteiger partial charge < -0.3 is 4.74 Å². The Bertz CT molecular complexity index is 635. The lowest BCUT2D eigenvalue weighted by atomic mass is 10.0. The maximum Gasteiger partial charge on any atom is 0.337 e. The summed E-state index contributed by atoms with van der Waals surface area (Å²) in [6.45, 7) is 4.71. The van der Waals surface area contributed by atoms with Crippen molar-refractivity contribution in [2.75, 3.05) is 7.11 Å². The second-order valence-electron chi connectivity index (χ2n) is 4.62. The molecule has 1 aromatic heterocycles. The Hall–Kier alpha value is -2.17. The molecule has 0 spiro atoms. The van der Waals surface area contributed by atoms with E-state index in [0.717, 1.165) is 24.2 Å². The summed E-state index contributed by atoms with van der Waals surface area (Å²) in [6, 6.07) is 4.21. The number of aromatic nitrogens is 2. The highest BCUT2D eigenvalue weighted by Crippen LogP contribution is 2.26. The van der Waals surface area contributed by atoms with Gasteiger partial charge in [-0.05, 0) is 37.1 Å². The predicted molar refractivity (Wildman–Crippen MR) is 74.0 cm³/mol. The van der Waals surface area contributed by atoms with E-state index in [-0.39, 0.29) is 5.56 Å².